The van der Waals surface area contributed by atoms with Crippen molar-refractivity contribution in [1.82, 2.24) is 0 Å². The summed E-state index contributed by atoms with van der Waals surface area (Å²) in [4.78, 5) is 23.3. The minimum Gasteiger partial charge on any atom is -0.326 e. The van der Waals surface area contributed by atoms with E-state index in [1.54, 1.807) is 36.4 Å². The number of amides is 1. The van der Waals surface area contributed by atoms with Crippen LogP contribution in [-0.4, -0.2) is 11.7 Å². The molecule has 0 aromatic heterocycles. The second-order valence-electron chi connectivity index (χ2n) is 4.21. The Morgan fingerprint density at radius 2 is 1.75 bits per heavy atom. The van der Waals surface area contributed by atoms with Crippen molar-refractivity contribution in [2.75, 3.05) is 5.32 Å². The quantitative estimate of drug-likeness (QED) is 0.623. The molecule has 0 aliphatic rings. The van der Waals surface area contributed by atoms with Gasteiger partial charge < -0.3 is 5.32 Å². The molecule has 0 heterocycles. The van der Waals surface area contributed by atoms with Gasteiger partial charge in [-0.1, -0.05) is 11.6 Å². The van der Waals surface area contributed by atoms with Crippen LogP contribution in [0.4, 0.5) is 5.69 Å². The lowest BCUT2D eigenvalue weighted by molar-refractivity contribution is -0.114. The Kier molecular flexibility index (Phi) is 4.77. The summed E-state index contributed by atoms with van der Waals surface area (Å²) < 4.78 is 0.850. The lowest BCUT2D eigenvalue weighted by Crippen LogP contribution is -2.07. The Morgan fingerprint density at radius 1 is 1.10 bits per heavy atom. The van der Waals surface area contributed by atoms with Crippen LogP contribution in [0.5, 0.6) is 0 Å². The third kappa shape index (κ3) is 3.58. The number of ketones is 1. The molecule has 0 unspecified atom stereocenters. The van der Waals surface area contributed by atoms with Crippen LogP contribution in [0.2, 0.25) is 5.02 Å². The zero-order valence-corrected chi connectivity index (χ0v) is 13.5. The fourth-order valence-corrected chi connectivity index (χ4v) is 2.49. The molecule has 2 aromatic carbocycles. The zero-order valence-electron chi connectivity index (χ0n) is 10.6. The summed E-state index contributed by atoms with van der Waals surface area (Å²) in [6.07, 6.45) is 0. The monoisotopic (exact) mass is 399 g/mol. The van der Waals surface area contributed by atoms with Crippen molar-refractivity contribution in [2.45, 2.75) is 6.92 Å². The number of rotatable bonds is 3. The van der Waals surface area contributed by atoms with Gasteiger partial charge in [-0.3, -0.25) is 9.59 Å². The first-order valence-corrected chi connectivity index (χ1v) is 7.30. The van der Waals surface area contributed by atoms with Crippen molar-refractivity contribution in [3.63, 3.8) is 0 Å². The first kappa shape index (κ1) is 15.0. The summed E-state index contributed by atoms with van der Waals surface area (Å²) in [5, 5.41) is 3.19. The molecule has 2 rings (SSSR count). The van der Waals surface area contributed by atoms with Gasteiger partial charge in [0.25, 0.3) is 0 Å². The molecule has 5 heteroatoms. The first-order chi connectivity index (χ1) is 9.47. The molecular weight excluding hydrogens is 389 g/mol. The molecule has 1 N–H and O–H groups in total. The molecule has 0 saturated heterocycles. The average Bonchev–Trinajstić information content (AvgIpc) is 2.41. The summed E-state index contributed by atoms with van der Waals surface area (Å²) >= 11 is 8.03. The van der Waals surface area contributed by atoms with Gasteiger partial charge in [0.05, 0.1) is 0 Å². The maximum Gasteiger partial charge on any atom is 0.221 e. The predicted octanol–water partition coefficient (Wildman–Crippen LogP) is 4.13. The van der Waals surface area contributed by atoms with Gasteiger partial charge in [0.2, 0.25) is 5.91 Å². The number of anilines is 1. The first-order valence-electron chi connectivity index (χ1n) is 5.85. The number of hydrogen-bond donors (Lipinski definition) is 1. The molecule has 0 saturated carbocycles. The minimum atomic E-state index is -0.145. The van der Waals surface area contributed by atoms with Crippen molar-refractivity contribution in [1.29, 1.82) is 0 Å². The molecule has 3 nitrogen and oxygen atoms in total. The van der Waals surface area contributed by atoms with E-state index in [0.29, 0.717) is 21.8 Å². The van der Waals surface area contributed by atoms with E-state index in [-0.39, 0.29) is 11.7 Å². The van der Waals surface area contributed by atoms with E-state index in [1.807, 2.05) is 6.07 Å². The summed E-state index contributed by atoms with van der Waals surface area (Å²) in [6.45, 7) is 1.44. The standard InChI is InChI=1S/C15H11ClINO2/c1-9(19)18-12-5-2-10(3-6-12)15(20)13-8-11(16)4-7-14(13)17/h2-8H,1H3,(H,18,19). The molecule has 0 bridgehead atoms. The highest BCUT2D eigenvalue weighted by Crippen LogP contribution is 2.21. The largest absolute Gasteiger partial charge is 0.326 e. The molecule has 2 aromatic rings. The van der Waals surface area contributed by atoms with E-state index in [2.05, 4.69) is 27.9 Å². The van der Waals surface area contributed by atoms with E-state index < -0.39 is 0 Å². The van der Waals surface area contributed by atoms with Gasteiger partial charge in [0, 0.05) is 32.3 Å². The Bertz CT molecular complexity index is 668. The maximum atomic E-state index is 12.4. The lowest BCUT2D eigenvalue weighted by Gasteiger charge is -2.06. The van der Waals surface area contributed by atoms with Gasteiger partial charge in [-0.25, -0.2) is 0 Å². The van der Waals surface area contributed by atoms with Crippen LogP contribution in [-0.2, 0) is 4.79 Å². The summed E-state index contributed by atoms with van der Waals surface area (Å²) in [6, 6.07) is 12.0. The number of carbonyl (C=O) groups is 2. The number of hydrogen-bond acceptors (Lipinski definition) is 2. The van der Waals surface area contributed by atoms with Crippen LogP contribution in [0.25, 0.3) is 0 Å². The lowest BCUT2D eigenvalue weighted by atomic mass is 10.0. The van der Waals surface area contributed by atoms with E-state index in [4.69, 9.17) is 11.6 Å². The van der Waals surface area contributed by atoms with Gasteiger partial charge in [-0.2, -0.15) is 0 Å². The van der Waals surface area contributed by atoms with Crippen molar-refractivity contribution in [3.8, 4) is 0 Å². The smallest absolute Gasteiger partial charge is 0.221 e. The molecule has 1 amide bonds. The zero-order chi connectivity index (χ0) is 14.7. The van der Waals surface area contributed by atoms with Crippen molar-refractivity contribution in [3.05, 3.63) is 62.2 Å². The number of halogens is 2. The second kappa shape index (κ2) is 6.37. The van der Waals surface area contributed by atoms with Crippen LogP contribution in [0.3, 0.4) is 0 Å². The normalized spacial score (nSPS) is 10.2. The summed E-state index contributed by atoms with van der Waals surface area (Å²) in [5.41, 5.74) is 1.79. The van der Waals surface area contributed by atoms with Crippen molar-refractivity contribution < 1.29 is 9.59 Å². The van der Waals surface area contributed by atoms with Gasteiger partial charge in [0.15, 0.2) is 5.78 Å². The van der Waals surface area contributed by atoms with E-state index in [1.165, 1.54) is 6.92 Å². The van der Waals surface area contributed by atoms with Gasteiger partial charge in [-0.15, -0.1) is 0 Å². The predicted molar refractivity (Wildman–Crippen MR) is 88.3 cm³/mol. The maximum absolute atomic E-state index is 12.4. The molecule has 102 valence electrons. The average molecular weight is 400 g/mol. The van der Waals surface area contributed by atoms with Crippen LogP contribution >= 0.6 is 34.2 Å². The molecule has 0 fully saturated rings. The third-order valence-electron chi connectivity index (χ3n) is 2.64. The van der Waals surface area contributed by atoms with Crippen molar-refractivity contribution in [2.24, 2.45) is 0 Å². The van der Waals surface area contributed by atoms with Crippen LogP contribution < -0.4 is 5.32 Å². The molecule has 0 aliphatic carbocycles. The molecule has 0 spiro atoms. The molecule has 0 aliphatic heterocycles. The fourth-order valence-electron chi connectivity index (χ4n) is 1.74. The molecule has 0 atom stereocenters. The van der Waals surface area contributed by atoms with E-state index in [0.717, 1.165) is 3.57 Å². The number of nitrogens with one attached hydrogen (secondary N) is 1. The minimum absolute atomic E-state index is 0.0914. The number of benzene rings is 2. The topological polar surface area (TPSA) is 46.2 Å². The third-order valence-corrected chi connectivity index (χ3v) is 3.82. The molecule has 20 heavy (non-hydrogen) atoms. The van der Waals surface area contributed by atoms with E-state index >= 15 is 0 Å². The molecular formula is C15H11ClINO2. The Morgan fingerprint density at radius 3 is 2.35 bits per heavy atom. The highest BCUT2D eigenvalue weighted by Gasteiger charge is 2.13. The Hall–Kier alpha value is -1.40. The summed E-state index contributed by atoms with van der Waals surface area (Å²) in [5.74, 6) is -0.236. The van der Waals surface area contributed by atoms with E-state index in [9.17, 15) is 9.59 Å². The van der Waals surface area contributed by atoms with Gasteiger partial charge >= 0.3 is 0 Å². The Balaban J connectivity index is 2.29. The van der Waals surface area contributed by atoms with Crippen LogP contribution in [0, 0.1) is 3.57 Å². The SMILES string of the molecule is CC(=O)Nc1ccc(C(=O)c2cc(Cl)ccc2I)cc1. The highest BCUT2D eigenvalue weighted by atomic mass is 127. The van der Waals surface area contributed by atoms with Crippen molar-refractivity contribution >= 4 is 51.6 Å². The molecule has 0 radical (unpaired) electrons. The van der Waals surface area contributed by atoms with Gasteiger partial charge in [0.1, 0.15) is 0 Å². The highest BCUT2D eigenvalue weighted by molar-refractivity contribution is 14.1. The number of carbonyl (C=O) groups excluding carboxylic acids is 2. The van der Waals surface area contributed by atoms with Crippen LogP contribution in [0.1, 0.15) is 22.8 Å². The van der Waals surface area contributed by atoms with Crippen LogP contribution in [0.15, 0.2) is 42.5 Å². The Labute approximate surface area is 135 Å². The second-order valence-corrected chi connectivity index (χ2v) is 5.81. The fraction of sp³-hybridized carbons (Fsp3) is 0.0667. The van der Waals surface area contributed by atoms with Gasteiger partial charge in [-0.05, 0) is 65.1 Å². The summed E-state index contributed by atoms with van der Waals surface area (Å²) in [7, 11) is 0.